The lowest BCUT2D eigenvalue weighted by Gasteiger charge is -2.23. The van der Waals surface area contributed by atoms with E-state index in [9.17, 15) is 0 Å². The Morgan fingerprint density at radius 2 is 2.58 bits per heavy atom. The number of fused-ring (bicyclic) bond motifs is 1. The number of aromatic nitrogens is 1. The molecule has 2 nitrogen and oxygen atoms in total. The molecular weight excluding hydrogens is 148 g/mol. The van der Waals surface area contributed by atoms with Crippen LogP contribution in [0.2, 0.25) is 0 Å². The third kappa shape index (κ3) is 1.29. The molecule has 1 aromatic rings. The number of hydrogen-bond acceptors (Lipinski definition) is 2. The minimum atomic E-state index is 0.793. The van der Waals surface area contributed by atoms with Crippen LogP contribution in [-0.2, 0) is 6.42 Å². The molecule has 1 aromatic heterocycles. The lowest BCUT2D eigenvalue weighted by Crippen LogP contribution is -2.23. The smallest absolute Gasteiger partial charge is 0.129 e. The Morgan fingerprint density at radius 1 is 1.67 bits per heavy atom. The number of hydrogen-bond donors (Lipinski definition) is 1. The van der Waals surface area contributed by atoms with Crippen molar-refractivity contribution in [3.63, 3.8) is 0 Å². The summed E-state index contributed by atoms with van der Waals surface area (Å²) in [6, 6.07) is 4.18. The fourth-order valence-corrected chi connectivity index (χ4v) is 1.68. The summed E-state index contributed by atoms with van der Waals surface area (Å²) in [5, 5.41) is 3.35. The summed E-state index contributed by atoms with van der Waals surface area (Å²) >= 11 is 0. The summed E-state index contributed by atoms with van der Waals surface area (Å²) < 4.78 is 0. The summed E-state index contributed by atoms with van der Waals surface area (Å²) in [6.45, 7) is 3.33. The molecule has 0 aliphatic carbocycles. The highest BCUT2D eigenvalue weighted by molar-refractivity contribution is 5.46. The first kappa shape index (κ1) is 7.59. The molecule has 1 unspecified atom stereocenters. The maximum absolute atomic E-state index is 4.28. The zero-order chi connectivity index (χ0) is 8.39. The summed E-state index contributed by atoms with van der Waals surface area (Å²) in [4.78, 5) is 4.28. The van der Waals surface area contributed by atoms with Crippen molar-refractivity contribution in [1.29, 1.82) is 0 Å². The molecule has 0 bridgehead atoms. The molecule has 2 heterocycles. The Bertz CT molecular complexity index is 270. The van der Waals surface area contributed by atoms with Gasteiger partial charge in [-0.05, 0) is 24.0 Å². The Balaban J connectivity index is 2.23. The maximum atomic E-state index is 4.28. The third-order valence-electron chi connectivity index (χ3n) is 2.54. The van der Waals surface area contributed by atoms with E-state index >= 15 is 0 Å². The van der Waals surface area contributed by atoms with E-state index in [1.165, 1.54) is 18.4 Å². The van der Waals surface area contributed by atoms with Crippen LogP contribution < -0.4 is 5.32 Å². The van der Waals surface area contributed by atoms with Crippen molar-refractivity contribution in [2.75, 3.05) is 11.9 Å². The molecular formula is C10H14N2. The van der Waals surface area contributed by atoms with Crippen molar-refractivity contribution in [3.8, 4) is 0 Å². The first-order valence-electron chi connectivity index (χ1n) is 4.58. The fraction of sp³-hybridized carbons (Fsp3) is 0.500. The Hall–Kier alpha value is -1.05. The number of pyridine rings is 1. The van der Waals surface area contributed by atoms with Gasteiger partial charge in [-0.25, -0.2) is 4.98 Å². The number of anilines is 1. The molecule has 0 fully saturated rings. The van der Waals surface area contributed by atoms with Gasteiger partial charge in [-0.15, -0.1) is 0 Å². The normalized spacial score (nSPS) is 21.2. The fourth-order valence-electron chi connectivity index (χ4n) is 1.68. The second-order valence-electron chi connectivity index (χ2n) is 3.37. The SMILES string of the molecule is CCC1CNc2ncccc2C1. The van der Waals surface area contributed by atoms with Crippen molar-refractivity contribution in [1.82, 2.24) is 4.98 Å². The summed E-state index contributed by atoms with van der Waals surface area (Å²) in [5.74, 6) is 1.88. The average molecular weight is 162 g/mol. The Labute approximate surface area is 73.0 Å². The minimum absolute atomic E-state index is 0.793. The van der Waals surface area contributed by atoms with Crippen LogP contribution in [0.15, 0.2) is 18.3 Å². The monoisotopic (exact) mass is 162 g/mol. The Kier molecular flexibility index (Phi) is 1.98. The van der Waals surface area contributed by atoms with Gasteiger partial charge in [-0.1, -0.05) is 19.4 Å². The molecule has 1 N–H and O–H groups in total. The van der Waals surface area contributed by atoms with Crippen LogP contribution in [-0.4, -0.2) is 11.5 Å². The van der Waals surface area contributed by atoms with Crippen molar-refractivity contribution < 1.29 is 0 Å². The number of nitrogens with one attached hydrogen (secondary N) is 1. The zero-order valence-electron chi connectivity index (χ0n) is 7.38. The molecule has 0 aromatic carbocycles. The van der Waals surface area contributed by atoms with Crippen LogP contribution in [0.25, 0.3) is 0 Å². The molecule has 0 spiro atoms. The van der Waals surface area contributed by atoms with Gasteiger partial charge in [0.1, 0.15) is 5.82 Å². The van der Waals surface area contributed by atoms with E-state index in [1.807, 2.05) is 12.3 Å². The molecule has 2 heteroatoms. The van der Waals surface area contributed by atoms with Crippen LogP contribution in [0.3, 0.4) is 0 Å². The zero-order valence-corrected chi connectivity index (χ0v) is 7.38. The third-order valence-corrected chi connectivity index (χ3v) is 2.54. The minimum Gasteiger partial charge on any atom is -0.370 e. The highest BCUT2D eigenvalue weighted by Gasteiger charge is 2.16. The topological polar surface area (TPSA) is 24.9 Å². The standard InChI is InChI=1S/C10H14N2/c1-2-8-6-9-4-3-5-11-10(9)12-7-8/h3-5,8H,2,6-7H2,1H3,(H,11,12). The maximum Gasteiger partial charge on any atom is 0.129 e. The molecule has 1 aliphatic rings. The van der Waals surface area contributed by atoms with Gasteiger partial charge in [-0.2, -0.15) is 0 Å². The van der Waals surface area contributed by atoms with Gasteiger partial charge in [0.05, 0.1) is 0 Å². The molecule has 64 valence electrons. The average Bonchev–Trinajstić information content (AvgIpc) is 2.17. The van der Waals surface area contributed by atoms with Crippen LogP contribution in [0, 0.1) is 5.92 Å². The van der Waals surface area contributed by atoms with E-state index in [4.69, 9.17) is 0 Å². The molecule has 0 saturated heterocycles. The van der Waals surface area contributed by atoms with E-state index in [0.29, 0.717) is 0 Å². The quantitative estimate of drug-likeness (QED) is 0.683. The summed E-state index contributed by atoms with van der Waals surface area (Å²) in [5.41, 5.74) is 1.37. The van der Waals surface area contributed by atoms with Gasteiger partial charge in [-0.3, -0.25) is 0 Å². The molecule has 0 saturated carbocycles. The highest BCUT2D eigenvalue weighted by atomic mass is 15.0. The molecule has 0 radical (unpaired) electrons. The first-order valence-corrected chi connectivity index (χ1v) is 4.58. The second-order valence-corrected chi connectivity index (χ2v) is 3.37. The van der Waals surface area contributed by atoms with E-state index in [2.05, 4.69) is 23.3 Å². The van der Waals surface area contributed by atoms with E-state index in [1.54, 1.807) is 0 Å². The van der Waals surface area contributed by atoms with Crippen LogP contribution in [0.4, 0.5) is 5.82 Å². The lowest BCUT2D eigenvalue weighted by atomic mass is 9.94. The molecule has 2 rings (SSSR count). The van der Waals surface area contributed by atoms with E-state index in [0.717, 1.165) is 18.3 Å². The molecule has 1 atom stereocenters. The van der Waals surface area contributed by atoms with E-state index in [-0.39, 0.29) is 0 Å². The molecule has 1 aliphatic heterocycles. The number of nitrogens with zero attached hydrogens (tertiary/aromatic N) is 1. The largest absolute Gasteiger partial charge is 0.370 e. The predicted molar refractivity (Wildman–Crippen MR) is 50.2 cm³/mol. The summed E-state index contributed by atoms with van der Waals surface area (Å²) in [6.07, 6.45) is 4.28. The van der Waals surface area contributed by atoms with Crippen molar-refractivity contribution in [2.24, 2.45) is 5.92 Å². The highest BCUT2D eigenvalue weighted by Crippen LogP contribution is 2.23. The first-order chi connectivity index (χ1) is 5.90. The summed E-state index contributed by atoms with van der Waals surface area (Å²) in [7, 11) is 0. The Morgan fingerprint density at radius 3 is 3.42 bits per heavy atom. The number of rotatable bonds is 1. The van der Waals surface area contributed by atoms with Gasteiger partial charge in [0.25, 0.3) is 0 Å². The van der Waals surface area contributed by atoms with Gasteiger partial charge < -0.3 is 5.32 Å². The molecule has 12 heavy (non-hydrogen) atoms. The van der Waals surface area contributed by atoms with Gasteiger partial charge in [0.2, 0.25) is 0 Å². The second kappa shape index (κ2) is 3.13. The van der Waals surface area contributed by atoms with E-state index < -0.39 is 0 Å². The molecule has 0 amide bonds. The van der Waals surface area contributed by atoms with Gasteiger partial charge in [0.15, 0.2) is 0 Å². The lowest BCUT2D eigenvalue weighted by molar-refractivity contribution is 0.518. The van der Waals surface area contributed by atoms with Crippen molar-refractivity contribution >= 4 is 5.82 Å². The predicted octanol–water partition coefficient (Wildman–Crippen LogP) is 2.08. The van der Waals surface area contributed by atoms with Crippen LogP contribution >= 0.6 is 0 Å². The van der Waals surface area contributed by atoms with Gasteiger partial charge in [0, 0.05) is 12.7 Å². The van der Waals surface area contributed by atoms with Crippen molar-refractivity contribution in [3.05, 3.63) is 23.9 Å². The van der Waals surface area contributed by atoms with Gasteiger partial charge >= 0.3 is 0 Å². The van der Waals surface area contributed by atoms with Crippen molar-refractivity contribution in [2.45, 2.75) is 19.8 Å². The van der Waals surface area contributed by atoms with Crippen LogP contribution in [0.1, 0.15) is 18.9 Å². The van der Waals surface area contributed by atoms with Crippen LogP contribution in [0.5, 0.6) is 0 Å².